The summed E-state index contributed by atoms with van der Waals surface area (Å²) < 4.78 is 11.2. The maximum Gasteiger partial charge on any atom is 0.410 e. The average Bonchev–Trinajstić information content (AvgIpc) is 3.07. The van der Waals surface area contributed by atoms with E-state index in [4.69, 9.17) is 9.47 Å². The minimum atomic E-state index is -0.415. The predicted octanol–water partition coefficient (Wildman–Crippen LogP) is 2.74. The topological polar surface area (TPSA) is 42.0 Å². The first kappa shape index (κ1) is 17.0. The molecule has 5 nitrogen and oxygen atoms in total. The van der Waals surface area contributed by atoms with Crippen molar-refractivity contribution in [2.75, 3.05) is 39.4 Å². The van der Waals surface area contributed by atoms with Gasteiger partial charge in [-0.25, -0.2) is 4.79 Å². The molecular formula is C18H32N2O3. The van der Waals surface area contributed by atoms with Gasteiger partial charge in [0, 0.05) is 26.2 Å². The lowest BCUT2D eigenvalue weighted by Crippen LogP contribution is -2.56. The van der Waals surface area contributed by atoms with E-state index in [9.17, 15) is 4.79 Å². The molecular weight excluding hydrogens is 292 g/mol. The number of hydrogen-bond donors (Lipinski definition) is 0. The molecule has 0 aromatic rings. The minimum Gasteiger partial charge on any atom is -0.444 e. The molecule has 4 fully saturated rings. The van der Waals surface area contributed by atoms with Crippen LogP contribution in [0.5, 0.6) is 0 Å². The van der Waals surface area contributed by atoms with E-state index in [2.05, 4.69) is 11.8 Å². The highest BCUT2D eigenvalue weighted by molar-refractivity contribution is 5.70. The van der Waals surface area contributed by atoms with Crippen molar-refractivity contribution in [3.8, 4) is 0 Å². The molecule has 0 radical (unpaired) electrons. The lowest BCUT2D eigenvalue weighted by molar-refractivity contribution is -0.00123. The summed E-state index contributed by atoms with van der Waals surface area (Å²) in [6.07, 6.45) is 3.39. The summed E-state index contributed by atoms with van der Waals surface area (Å²) in [7, 11) is 0. The van der Waals surface area contributed by atoms with Gasteiger partial charge in [0.2, 0.25) is 0 Å². The third kappa shape index (κ3) is 3.66. The highest BCUT2D eigenvalue weighted by Crippen LogP contribution is 2.51. The standard InChI is InChI=1S/C18H32N2O3/c1-5-22-12-14-6-7-19(10-14)13-18-8-15(9-18)11-20(18)16(21)23-17(2,3)4/h14-15H,5-13H2,1-4H3/t14-,15?,18?/m1/s1. The van der Waals surface area contributed by atoms with Gasteiger partial charge in [0.1, 0.15) is 5.60 Å². The van der Waals surface area contributed by atoms with Crippen LogP contribution in [0.2, 0.25) is 0 Å². The summed E-state index contributed by atoms with van der Waals surface area (Å²) in [5.41, 5.74) is -0.380. The first-order chi connectivity index (χ1) is 10.8. The van der Waals surface area contributed by atoms with Crippen LogP contribution in [0.3, 0.4) is 0 Å². The van der Waals surface area contributed by atoms with E-state index in [1.54, 1.807) is 0 Å². The van der Waals surface area contributed by atoms with Crippen molar-refractivity contribution in [2.45, 2.75) is 58.1 Å². The molecule has 0 spiro atoms. The molecule has 1 aliphatic carbocycles. The fraction of sp³-hybridized carbons (Fsp3) is 0.944. The molecule has 3 aliphatic heterocycles. The van der Waals surface area contributed by atoms with Crippen molar-refractivity contribution in [1.82, 2.24) is 9.80 Å². The Morgan fingerprint density at radius 3 is 2.65 bits per heavy atom. The van der Waals surface area contributed by atoms with Crippen LogP contribution in [0.1, 0.15) is 47.0 Å². The molecule has 0 N–H and O–H groups in total. The average molecular weight is 324 g/mol. The fourth-order valence-electron chi connectivity index (χ4n) is 4.51. The van der Waals surface area contributed by atoms with Crippen molar-refractivity contribution < 1.29 is 14.3 Å². The number of carbonyl (C=O) groups excluding carboxylic acids is 1. The maximum atomic E-state index is 12.5. The first-order valence-corrected chi connectivity index (χ1v) is 9.12. The lowest BCUT2D eigenvalue weighted by Gasteiger charge is -2.44. The monoisotopic (exact) mass is 324 g/mol. The molecule has 132 valence electrons. The highest BCUT2D eigenvalue weighted by atomic mass is 16.6. The Hall–Kier alpha value is -0.810. The van der Waals surface area contributed by atoms with E-state index in [0.717, 1.165) is 52.2 Å². The van der Waals surface area contributed by atoms with E-state index in [1.165, 1.54) is 6.42 Å². The third-order valence-corrected chi connectivity index (χ3v) is 5.41. The van der Waals surface area contributed by atoms with Gasteiger partial charge in [0.05, 0.1) is 12.1 Å². The lowest BCUT2D eigenvalue weighted by atomic mass is 9.73. The van der Waals surface area contributed by atoms with Crippen molar-refractivity contribution in [2.24, 2.45) is 11.8 Å². The largest absolute Gasteiger partial charge is 0.444 e. The number of amides is 1. The van der Waals surface area contributed by atoms with Crippen LogP contribution in [0.25, 0.3) is 0 Å². The fourth-order valence-corrected chi connectivity index (χ4v) is 4.51. The number of carbonyl (C=O) groups is 1. The molecule has 2 bridgehead atoms. The highest BCUT2D eigenvalue weighted by Gasteiger charge is 2.59. The van der Waals surface area contributed by atoms with Gasteiger partial charge in [-0.2, -0.15) is 0 Å². The summed E-state index contributed by atoms with van der Waals surface area (Å²) in [5.74, 6) is 1.34. The second kappa shape index (κ2) is 6.25. The van der Waals surface area contributed by atoms with Crippen LogP contribution >= 0.6 is 0 Å². The number of likely N-dealkylation sites (tertiary alicyclic amines) is 1. The summed E-state index contributed by atoms with van der Waals surface area (Å²) in [6.45, 7) is 13.7. The second-order valence-corrected chi connectivity index (χ2v) is 8.64. The normalized spacial score (nSPS) is 33.8. The van der Waals surface area contributed by atoms with Crippen LogP contribution in [-0.4, -0.2) is 66.4 Å². The van der Waals surface area contributed by atoms with Crippen LogP contribution in [-0.2, 0) is 9.47 Å². The molecule has 0 unspecified atom stereocenters. The molecule has 1 saturated carbocycles. The zero-order valence-corrected chi connectivity index (χ0v) is 15.1. The SMILES string of the molecule is CCOC[C@@H]1CCN(CC23CC(CN2C(=O)OC(C)(C)C)C3)C1. The van der Waals surface area contributed by atoms with Gasteiger partial charge in [0.15, 0.2) is 0 Å². The predicted molar refractivity (Wildman–Crippen MR) is 89.4 cm³/mol. The summed E-state index contributed by atoms with van der Waals surface area (Å²) in [5, 5.41) is 0. The van der Waals surface area contributed by atoms with Gasteiger partial charge < -0.3 is 19.3 Å². The van der Waals surface area contributed by atoms with Gasteiger partial charge in [-0.05, 0) is 65.3 Å². The van der Waals surface area contributed by atoms with Crippen molar-refractivity contribution in [3.05, 3.63) is 0 Å². The molecule has 23 heavy (non-hydrogen) atoms. The zero-order valence-electron chi connectivity index (χ0n) is 15.1. The Bertz CT molecular complexity index is 440. The van der Waals surface area contributed by atoms with E-state index < -0.39 is 5.60 Å². The van der Waals surface area contributed by atoms with E-state index in [0.29, 0.717) is 11.8 Å². The summed E-state index contributed by atoms with van der Waals surface area (Å²) >= 11 is 0. The van der Waals surface area contributed by atoms with Crippen LogP contribution in [0.4, 0.5) is 4.79 Å². The number of hydrogen-bond acceptors (Lipinski definition) is 4. The maximum absolute atomic E-state index is 12.5. The molecule has 0 aromatic carbocycles. The minimum absolute atomic E-state index is 0.0352. The zero-order chi connectivity index (χ0) is 16.7. The van der Waals surface area contributed by atoms with Gasteiger partial charge in [-0.1, -0.05) is 0 Å². The van der Waals surface area contributed by atoms with Crippen molar-refractivity contribution in [1.29, 1.82) is 0 Å². The molecule has 5 heteroatoms. The molecule has 4 rings (SSSR count). The van der Waals surface area contributed by atoms with E-state index >= 15 is 0 Å². The van der Waals surface area contributed by atoms with Gasteiger partial charge >= 0.3 is 6.09 Å². The third-order valence-electron chi connectivity index (χ3n) is 5.41. The van der Waals surface area contributed by atoms with E-state index in [-0.39, 0.29) is 11.6 Å². The van der Waals surface area contributed by atoms with Crippen LogP contribution in [0, 0.1) is 11.8 Å². The Balaban J connectivity index is 1.56. The van der Waals surface area contributed by atoms with Crippen molar-refractivity contribution in [3.63, 3.8) is 0 Å². The smallest absolute Gasteiger partial charge is 0.410 e. The number of fused-ring (bicyclic) bond motifs is 1. The van der Waals surface area contributed by atoms with E-state index in [1.807, 2.05) is 25.7 Å². The van der Waals surface area contributed by atoms with Gasteiger partial charge in [-0.3, -0.25) is 0 Å². The van der Waals surface area contributed by atoms with Gasteiger partial charge in [0.25, 0.3) is 0 Å². The van der Waals surface area contributed by atoms with Crippen LogP contribution in [0.15, 0.2) is 0 Å². The molecule has 1 amide bonds. The molecule has 4 aliphatic rings. The molecule has 0 aromatic heterocycles. The Labute approximate surface area is 140 Å². The summed E-state index contributed by atoms with van der Waals surface area (Å²) in [6, 6.07) is 0. The molecule has 3 heterocycles. The first-order valence-electron chi connectivity index (χ1n) is 9.12. The second-order valence-electron chi connectivity index (χ2n) is 8.64. The quantitative estimate of drug-likeness (QED) is 0.780. The summed E-state index contributed by atoms with van der Waals surface area (Å²) in [4.78, 5) is 17.1. The number of nitrogens with zero attached hydrogens (tertiary/aromatic N) is 2. The van der Waals surface area contributed by atoms with Gasteiger partial charge in [-0.15, -0.1) is 0 Å². The number of ether oxygens (including phenoxy) is 2. The Morgan fingerprint density at radius 2 is 2.00 bits per heavy atom. The van der Waals surface area contributed by atoms with Crippen LogP contribution < -0.4 is 0 Å². The Kier molecular flexibility index (Phi) is 4.62. The Morgan fingerprint density at radius 1 is 1.26 bits per heavy atom. The molecule has 3 saturated heterocycles. The van der Waals surface area contributed by atoms with Crippen molar-refractivity contribution >= 4 is 6.09 Å². The molecule has 1 atom stereocenters. The number of rotatable bonds is 5.